The lowest BCUT2D eigenvalue weighted by Crippen LogP contribution is -2.29. The second kappa shape index (κ2) is 44.0. The van der Waals surface area contributed by atoms with Gasteiger partial charge in [-0.1, -0.05) is 191 Å². The van der Waals surface area contributed by atoms with E-state index in [9.17, 15) is 19.0 Å². The van der Waals surface area contributed by atoms with E-state index in [4.69, 9.17) is 18.5 Å². The first-order valence-electron chi connectivity index (χ1n) is 23.9. The Kier molecular flexibility index (Phi) is 42.5. The van der Waals surface area contributed by atoms with Crippen LogP contribution < -0.4 is 0 Å². The summed E-state index contributed by atoms with van der Waals surface area (Å²) in [6.45, 7) is 4.20. The van der Waals surface area contributed by atoms with E-state index in [0.29, 0.717) is 13.0 Å². The van der Waals surface area contributed by atoms with E-state index < -0.39 is 26.5 Å². The maximum atomic E-state index is 12.7. The molecular weight excluding hydrogens is 762 g/mol. The van der Waals surface area contributed by atoms with Gasteiger partial charge in [-0.2, -0.15) is 0 Å². The molecule has 0 aliphatic rings. The van der Waals surface area contributed by atoms with Gasteiger partial charge < -0.3 is 19.3 Å². The lowest BCUT2D eigenvalue weighted by molar-refractivity contribution is -0.161. The predicted molar refractivity (Wildman–Crippen MR) is 248 cm³/mol. The van der Waals surface area contributed by atoms with Crippen molar-refractivity contribution >= 4 is 19.8 Å². The van der Waals surface area contributed by atoms with E-state index >= 15 is 0 Å². The topological polar surface area (TPSA) is 112 Å². The Morgan fingerprint density at radius 3 is 1.44 bits per heavy atom. The van der Waals surface area contributed by atoms with Crippen LogP contribution in [0.2, 0.25) is 0 Å². The van der Waals surface area contributed by atoms with E-state index in [0.717, 1.165) is 70.6 Å². The van der Waals surface area contributed by atoms with Gasteiger partial charge in [0.05, 0.1) is 13.2 Å². The Balaban J connectivity index is 4.24. The number of carbonyl (C=O) groups is 2. The van der Waals surface area contributed by atoms with Gasteiger partial charge in [0.1, 0.15) is 6.61 Å². The quantitative estimate of drug-likeness (QED) is 0.0277. The van der Waals surface area contributed by atoms with Crippen LogP contribution in [0.3, 0.4) is 0 Å². The summed E-state index contributed by atoms with van der Waals surface area (Å²) in [5, 5.41) is 0. The van der Waals surface area contributed by atoms with Gasteiger partial charge in [-0.3, -0.25) is 18.6 Å². The molecule has 10 heteroatoms. The summed E-state index contributed by atoms with van der Waals surface area (Å²) in [4.78, 5) is 37.1. The molecular formula is C49H90NO8P. The minimum Gasteiger partial charge on any atom is -0.462 e. The molecule has 0 saturated carbocycles. The molecule has 2 unspecified atom stereocenters. The first-order valence-corrected chi connectivity index (χ1v) is 25.4. The molecule has 0 spiro atoms. The molecule has 0 fully saturated rings. The zero-order valence-corrected chi connectivity index (χ0v) is 39.3. The number of allylic oxidation sites excluding steroid dienone is 8. The lowest BCUT2D eigenvalue weighted by atomic mass is 10.0. The fourth-order valence-corrected chi connectivity index (χ4v) is 7.24. The molecule has 1 N–H and O–H groups in total. The van der Waals surface area contributed by atoms with Crippen LogP contribution in [0.5, 0.6) is 0 Å². The van der Waals surface area contributed by atoms with Crippen molar-refractivity contribution in [1.29, 1.82) is 0 Å². The summed E-state index contributed by atoms with van der Waals surface area (Å²) in [6, 6.07) is 0. The Morgan fingerprint density at radius 2 is 0.966 bits per heavy atom. The largest absolute Gasteiger partial charge is 0.472 e. The zero-order valence-electron chi connectivity index (χ0n) is 38.4. The van der Waals surface area contributed by atoms with E-state index in [1.807, 2.05) is 19.0 Å². The van der Waals surface area contributed by atoms with Crippen LogP contribution in [0, 0.1) is 0 Å². The molecule has 0 aromatic heterocycles. The zero-order chi connectivity index (χ0) is 43.3. The molecule has 0 heterocycles. The lowest BCUT2D eigenvalue weighted by Gasteiger charge is -2.20. The van der Waals surface area contributed by atoms with Crippen molar-refractivity contribution in [2.75, 3.05) is 40.5 Å². The standard InChI is InChI=1S/C49H90NO8P/c1-5-7-9-11-13-15-17-19-21-23-24-26-27-29-31-33-35-37-39-41-48(51)55-45-47(46-57-59(53,54)56-44-43-50(3)4)58-49(52)42-40-38-36-34-32-30-28-25-22-20-18-16-14-12-10-8-6-2/h8,10,14,16,20,22,28,30,47H,5-7,9,11-13,15,17-19,21,23-27,29,31-46H2,1-4H3,(H,53,54)/b10-8-,16-14-,22-20-,30-28-. The van der Waals surface area contributed by atoms with Crippen molar-refractivity contribution in [3.8, 4) is 0 Å². The van der Waals surface area contributed by atoms with Gasteiger partial charge in [-0.05, 0) is 65.5 Å². The average Bonchev–Trinajstić information content (AvgIpc) is 3.20. The molecule has 0 amide bonds. The minimum atomic E-state index is -4.37. The molecule has 0 rings (SSSR count). The average molecular weight is 852 g/mol. The molecule has 0 aliphatic heterocycles. The van der Waals surface area contributed by atoms with E-state index in [1.165, 1.54) is 103 Å². The Bertz CT molecular complexity index is 1120. The van der Waals surface area contributed by atoms with E-state index in [-0.39, 0.29) is 32.0 Å². The third kappa shape index (κ3) is 45.3. The van der Waals surface area contributed by atoms with Crippen molar-refractivity contribution in [2.24, 2.45) is 0 Å². The van der Waals surface area contributed by atoms with Crippen molar-refractivity contribution < 1.29 is 37.6 Å². The molecule has 0 aromatic rings. The minimum absolute atomic E-state index is 0.00193. The fraction of sp³-hybridized carbons (Fsp3) is 0.796. The molecule has 344 valence electrons. The van der Waals surface area contributed by atoms with Gasteiger partial charge in [0.2, 0.25) is 0 Å². The highest BCUT2D eigenvalue weighted by Gasteiger charge is 2.26. The van der Waals surface area contributed by atoms with Gasteiger partial charge in [0, 0.05) is 19.4 Å². The molecule has 59 heavy (non-hydrogen) atoms. The maximum Gasteiger partial charge on any atom is 0.472 e. The molecule has 0 saturated heterocycles. The van der Waals surface area contributed by atoms with Crippen LogP contribution in [0.25, 0.3) is 0 Å². The monoisotopic (exact) mass is 852 g/mol. The number of ether oxygens (including phenoxy) is 2. The number of esters is 2. The van der Waals surface area contributed by atoms with Crippen LogP contribution in [0.4, 0.5) is 0 Å². The molecule has 2 atom stereocenters. The Hall–Kier alpha value is -2.03. The van der Waals surface area contributed by atoms with Gasteiger partial charge in [0.15, 0.2) is 6.10 Å². The van der Waals surface area contributed by atoms with Crippen LogP contribution in [-0.4, -0.2) is 68.3 Å². The molecule has 0 aliphatic carbocycles. The SMILES string of the molecule is CC/C=C\C/C=C\C/C=C\C/C=C\CCCCCCC(=O)OC(COC(=O)CCCCCCCCCCCCCCCCCCCCC)COP(=O)(O)OCCN(C)C. The van der Waals surface area contributed by atoms with Crippen LogP contribution in [-0.2, 0) is 32.7 Å². The highest BCUT2D eigenvalue weighted by atomic mass is 31.2. The smallest absolute Gasteiger partial charge is 0.462 e. The number of rotatable bonds is 44. The predicted octanol–water partition coefficient (Wildman–Crippen LogP) is 14.1. The highest BCUT2D eigenvalue weighted by Crippen LogP contribution is 2.43. The highest BCUT2D eigenvalue weighted by molar-refractivity contribution is 7.47. The molecule has 9 nitrogen and oxygen atoms in total. The van der Waals surface area contributed by atoms with E-state index in [2.05, 4.69) is 62.5 Å². The van der Waals surface area contributed by atoms with Crippen molar-refractivity contribution in [3.05, 3.63) is 48.6 Å². The van der Waals surface area contributed by atoms with Crippen molar-refractivity contribution in [2.45, 2.75) is 213 Å². The number of hydrogen-bond donors (Lipinski definition) is 1. The number of phosphoric ester groups is 1. The summed E-state index contributed by atoms with van der Waals surface area (Å²) in [5.74, 6) is -0.825. The van der Waals surface area contributed by atoms with Gasteiger partial charge in [-0.15, -0.1) is 0 Å². The van der Waals surface area contributed by atoms with Crippen LogP contribution >= 0.6 is 7.82 Å². The number of carbonyl (C=O) groups excluding carboxylic acids is 2. The summed E-state index contributed by atoms with van der Waals surface area (Å²) in [5.41, 5.74) is 0. The van der Waals surface area contributed by atoms with Crippen molar-refractivity contribution in [1.82, 2.24) is 4.90 Å². The van der Waals surface area contributed by atoms with Gasteiger partial charge in [0.25, 0.3) is 0 Å². The number of hydrogen-bond acceptors (Lipinski definition) is 8. The van der Waals surface area contributed by atoms with Crippen LogP contribution in [0.15, 0.2) is 48.6 Å². The summed E-state index contributed by atoms with van der Waals surface area (Å²) < 4.78 is 33.5. The number of likely N-dealkylation sites (N-methyl/N-ethyl adjacent to an activating group) is 1. The maximum absolute atomic E-state index is 12.7. The van der Waals surface area contributed by atoms with Gasteiger partial charge >= 0.3 is 19.8 Å². The summed E-state index contributed by atoms with van der Waals surface area (Å²) in [6.07, 6.45) is 50.2. The number of unbranched alkanes of at least 4 members (excludes halogenated alkanes) is 22. The third-order valence-electron chi connectivity index (χ3n) is 10.1. The summed E-state index contributed by atoms with van der Waals surface area (Å²) >= 11 is 0. The van der Waals surface area contributed by atoms with Crippen LogP contribution in [0.1, 0.15) is 206 Å². The third-order valence-corrected chi connectivity index (χ3v) is 11.1. The fourth-order valence-electron chi connectivity index (χ4n) is 6.50. The first kappa shape index (κ1) is 57.0. The van der Waals surface area contributed by atoms with Crippen molar-refractivity contribution in [3.63, 3.8) is 0 Å². The molecule has 0 bridgehead atoms. The summed E-state index contributed by atoms with van der Waals surface area (Å²) in [7, 11) is -0.725. The number of phosphoric acid groups is 1. The normalized spacial score (nSPS) is 13.7. The second-order valence-electron chi connectivity index (χ2n) is 16.3. The second-order valence-corrected chi connectivity index (χ2v) is 17.7. The van der Waals surface area contributed by atoms with Gasteiger partial charge in [-0.25, -0.2) is 4.57 Å². The molecule has 0 aromatic carbocycles. The molecule has 0 radical (unpaired) electrons. The Morgan fingerprint density at radius 1 is 0.542 bits per heavy atom. The van der Waals surface area contributed by atoms with E-state index in [1.54, 1.807) is 0 Å². The number of nitrogens with zero attached hydrogens (tertiary/aromatic N) is 1. The Labute approximate surface area is 362 Å². The first-order chi connectivity index (χ1) is 28.7.